The van der Waals surface area contributed by atoms with Crippen LogP contribution in [-0.2, 0) is 17.9 Å². The first kappa shape index (κ1) is 28.0. The van der Waals surface area contributed by atoms with Crippen LogP contribution in [0.15, 0.2) is 59.5 Å². The number of amides is 2. The van der Waals surface area contributed by atoms with Crippen LogP contribution < -0.4 is 15.9 Å². The van der Waals surface area contributed by atoms with Gasteiger partial charge in [-0.1, -0.05) is 36.4 Å². The van der Waals surface area contributed by atoms with Gasteiger partial charge in [-0.25, -0.2) is 8.78 Å². The van der Waals surface area contributed by atoms with Crippen molar-refractivity contribution >= 4 is 11.8 Å². The number of carbonyl (C=O) groups is 2. The maximum Gasteiger partial charge on any atom is 0.274 e. The van der Waals surface area contributed by atoms with Gasteiger partial charge in [0.15, 0.2) is 11.4 Å². The molecule has 3 aliphatic rings. The molecule has 3 aliphatic heterocycles. The molecular weight excluding hydrogens is 546 g/mol. The van der Waals surface area contributed by atoms with Crippen molar-refractivity contribution in [3.63, 3.8) is 0 Å². The highest BCUT2D eigenvalue weighted by molar-refractivity contribution is 5.99. The lowest BCUT2D eigenvalue weighted by Gasteiger charge is -2.43. The van der Waals surface area contributed by atoms with Crippen LogP contribution in [0.2, 0.25) is 0 Å². The lowest BCUT2D eigenvalue weighted by Crippen LogP contribution is -2.53. The van der Waals surface area contributed by atoms with E-state index in [-0.39, 0.29) is 48.7 Å². The second-order valence-corrected chi connectivity index (χ2v) is 11.4. The van der Waals surface area contributed by atoms with E-state index in [1.807, 2.05) is 49.1 Å². The van der Waals surface area contributed by atoms with E-state index in [0.717, 1.165) is 11.6 Å². The van der Waals surface area contributed by atoms with E-state index in [1.165, 1.54) is 18.3 Å². The number of benzene rings is 2. The molecule has 6 rings (SSSR count). The van der Waals surface area contributed by atoms with E-state index in [9.17, 15) is 23.2 Å². The molecule has 2 N–H and O–H groups in total. The molecule has 4 atom stereocenters. The highest BCUT2D eigenvalue weighted by Gasteiger charge is 2.55. The average Bonchev–Trinajstić information content (AvgIpc) is 3.22. The van der Waals surface area contributed by atoms with Crippen molar-refractivity contribution in [3.8, 4) is 5.75 Å². The predicted molar refractivity (Wildman–Crippen MR) is 149 cm³/mol. The molecule has 0 radical (unpaired) electrons. The summed E-state index contributed by atoms with van der Waals surface area (Å²) in [4.78, 5) is 43.6. The van der Waals surface area contributed by atoms with Crippen LogP contribution in [0.5, 0.6) is 5.75 Å². The Hall–Kier alpha value is -4.09. The van der Waals surface area contributed by atoms with Gasteiger partial charge in [0.25, 0.3) is 11.8 Å². The fourth-order valence-corrected chi connectivity index (χ4v) is 6.47. The van der Waals surface area contributed by atoms with Crippen molar-refractivity contribution in [1.82, 2.24) is 14.4 Å². The topological polar surface area (TPSA) is 107 Å². The summed E-state index contributed by atoms with van der Waals surface area (Å²) in [5.41, 5.74) is 4.92. The number of hydrogen-bond acceptors (Lipinski definition) is 6. The summed E-state index contributed by atoms with van der Waals surface area (Å²) < 4.78 is 42.4. The number of hydrogen-bond donors (Lipinski definition) is 1. The molecule has 2 fully saturated rings. The largest absolute Gasteiger partial charge is 0.483 e. The summed E-state index contributed by atoms with van der Waals surface area (Å²) in [6, 6.07) is 12.0. The number of rotatable bonds is 6. The summed E-state index contributed by atoms with van der Waals surface area (Å²) in [6.07, 6.45) is 2.10. The van der Waals surface area contributed by atoms with Crippen LogP contribution in [0.4, 0.5) is 8.78 Å². The molecule has 3 aromatic rings. The Kier molecular flexibility index (Phi) is 7.10. The predicted octanol–water partition coefficient (Wildman–Crippen LogP) is 3.60. The van der Waals surface area contributed by atoms with E-state index in [0.29, 0.717) is 24.9 Å². The summed E-state index contributed by atoms with van der Waals surface area (Å²) in [5.74, 6) is -2.82. The van der Waals surface area contributed by atoms with Crippen LogP contribution in [0, 0.1) is 11.6 Å². The number of nitrogens with zero attached hydrogens (tertiary/aromatic N) is 3. The fourth-order valence-electron chi connectivity index (χ4n) is 6.47. The van der Waals surface area contributed by atoms with Gasteiger partial charge in [0.1, 0.15) is 35.6 Å². The minimum atomic E-state index is -0.931. The van der Waals surface area contributed by atoms with E-state index in [2.05, 4.69) is 0 Å². The first-order valence-electron chi connectivity index (χ1n) is 14.0. The minimum absolute atomic E-state index is 0.00842. The summed E-state index contributed by atoms with van der Waals surface area (Å²) in [6.45, 7) is 4.67. The first-order valence-corrected chi connectivity index (χ1v) is 14.0. The monoisotopic (exact) mass is 578 g/mol. The molecular formula is C31H32F2N4O5. The second-order valence-electron chi connectivity index (χ2n) is 11.4. The van der Waals surface area contributed by atoms with Crippen LogP contribution in [0.25, 0.3) is 0 Å². The molecule has 1 spiro atoms. The number of ether oxygens (including phenoxy) is 2. The van der Waals surface area contributed by atoms with Crippen molar-refractivity contribution in [2.75, 3.05) is 13.1 Å². The third-order valence-corrected chi connectivity index (χ3v) is 8.76. The van der Waals surface area contributed by atoms with E-state index in [1.54, 1.807) is 9.47 Å². The minimum Gasteiger partial charge on any atom is -0.483 e. The Morgan fingerprint density at radius 2 is 1.90 bits per heavy atom. The van der Waals surface area contributed by atoms with Crippen molar-refractivity contribution < 1.29 is 27.8 Å². The average molecular weight is 579 g/mol. The van der Waals surface area contributed by atoms with Crippen molar-refractivity contribution in [3.05, 3.63) is 99.0 Å². The normalized spacial score (nSPS) is 25.4. The molecule has 2 aromatic carbocycles. The number of primary amides is 1. The smallest absolute Gasteiger partial charge is 0.274 e. The lowest BCUT2D eigenvalue weighted by atomic mass is 9.87. The Morgan fingerprint density at radius 1 is 1.14 bits per heavy atom. The van der Waals surface area contributed by atoms with Gasteiger partial charge in [0, 0.05) is 43.5 Å². The number of nitrogens with two attached hydrogens (primary N) is 1. The zero-order valence-corrected chi connectivity index (χ0v) is 23.4. The fraction of sp³-hybridized carbons (Fsp3) is 0.387. The molecule has 42 heavy (non-hydrogen) atoms. The number of pyridine rings is 1. The van der Waals surface area contributed by atoms with Crippen molar-refractivity contribution in [2.45, 2.75) is 63.8 Å². The molecule has 9 nitrogen and oxygen atoms in total. The van der Waals surface area contributed by atoms with Gasteiger partial charge in [-0.15, -0.1) is 0 Å². The van der Waals surface area contributed by atoms with Crippen LogP contribution >= 0.6 is 0 Å². The van der Waals surface area contributed by atoms with Gasteiger partial charge in [0.2, 0.25) is 5.43 Å². The number of carbonyl (C=O) groups excluding carboxylic acids is 2. The molecule has 0 aliphatic carbocycles. The summed E-state index contributed by atoms with van der Waals surface area (Å²) >= 11 is 0. The van der Waals surface area contributed by atoms with E-state index < -0.39 is 40.8 Å². The molecule has 4 heterocycles. The third-order valence-electron chi connectivity index (χ3n) is 8.76. The quantitative estimate of drug-likeness (QED) is 0.479. The van der Waals surface area contributed by atoms with Gasteiger partial charge in [-0.2, -0.15) is 0 Å². The summed E-state index contributed by atoms with van der Waals surface area (Å²) in [7, 11) is 0. The zero-order chi connectivity index (χ0) is 29.8. The Balaban J connectivity index is 1.44. The highest BCUT2D eigenvalue weighted by Crippen LogP contribution is 2.46. The SMILES string of the molecule is CC1OC2(CC[C@H](C)N3C[C@H]2n2cc(C(N)=O)c(=O)c(OCc4ccccc4)c2C3=O)CN1Cc1ccc(F)cc1F. The maximum atomic E-state index is 14.6. The highest BCUT2D eigenvalue weighted by atomic mass is 19.1. The van der Waals surface area contributed by atoms with Crippen LogP contribution in [0.1, 0.15) is 64.7 Å². The standard InChI is InChI=1S/C31H32F2N4O5/c1-18-10-11-31(17-35(19(2)42-31)13-21-8-9-22(32)12-24(21)33)25-15-36(18)30(40)26-28(41-16-20-6-4-3-5-7-20)27(38)23(29(34)39)14-37(25)26/h3-9,12,14,18-19,25H,10-11,13,15-17H2,1-2H3,(H2,34,39)/t18-,19?,25+,31?/m0/s1. The lowest BCUT2D eigenvalue weighted by molar-refractivity contribution is -0.0815. The summed E-state index contributed by atoms with van der Waals surface area (Å²) in [5, 5.41) is 0. The van der Waals surface area contributed by atoms with Gasteiger partial charge in [-0.3, -0.25) is 19.3 Å². The maximum absolute atomic E-state index is 14.6. The van der Waals surface area contributed by atoms with Gasteiger partial charge in [0.05, 0.1) is 6.04 Å². The Morgan fingerprint density at radius 3 is 2.62 bits per heavy atom. The van der Waals surface area contributed by atoms with Crippen LogP contribution in [-0.4, -0.2) is 57.1 Å². The van der Waals surface area contributed by atoms with Crippen molar-refractivity contribution in [1.29, 1.82) is 0 Å². The van der Waals surface area contributed by atoms with Crippen molar-refractivity contribution in [2.24, 2.45) is 5.73 Å². The third kappa shape index (κ3) is 4.76. The molecule has 2 amide bonds. The second kappa shape index (κ2) is 10.6. The Bertz CT molecular complexity index is 1610. The first-order chi connectivity index (χ1) is 20.1. The molecule has 2 saturated heterocycles. The number of halogens is 2. The number of aromatic nitrogens is 1. The molecule has 2 bridgehead atoms. The number of fused-ring (bicyclic) bond motifs is 5. The van der Waals surface area contributed by atoms with Gasteiger partial charge < -0.3 is 24.7 Å². The molecule has 11 heteroatoms. The molecule has 2 unspecified atom stereocenters. The van der Waals surface area contributed by atoms with Gasteiger partial charge in [-0.05, 0) is 38.3 Å². The van der Waals surface area contributed by atoms with Crippen LogP contribution in [0.3, 0.4) is 0 Å². The van der Waals surface area contributed by atoms with E-state index >= 15 is 0 Å². The molecule has 1 aromatic heterocycles. The molecule has 220 valence electrons. The van der Waals surface area contributed by atoms with Gasteiger partial charge >= 0.3 is 0 Å². The Labute approximate surface area is 241 Å². The zero-order valence-electron chi connectivity index (χ0n) is 23.4. The van der Waals surface area contributed by atoms with E-state index in [4.69, 9.17) is 15.2 Å². The molecule has 0 saturated carbocycles.